The van der Waals surface area contributed by atoms with Crippen LogP contribution in [0.1, 0.15) is 48.2 Å². The molecule has 2 aliphatic heterocycles. The number of aromatic amines is 1. The van der Waals surface area contributed by atoms with Crippen LogP contribution in [0.25, 0.3) is 10.9 Å². The highest BCUT2D eigenvalue weighted by molar-refractivity contribution is 5.85. The molecule has 1 aromatic heterocycles. The highest BCUT2D eigenvalue weighted by atomic mass is 15.3. The number of hydrogen-bond donors (Lipinski definition) is 1. The van der Waals surface area contributed by atoms with Crippen molar-refractivity contribution in [3.8, 4) is 0 Å². The molecule has 0 unspecified atom stereocenters. The first-order valence-corrected chi connectivity index (χ1v) is 10.9. The van der Waals surface area contributed by atoms with Crippen molar-refractivity contribution in [3.63, 3.8) is 0 Å². The molecule has 146 valence electrons. The number of aryl methyl sites for hydroxylation is 1. The van der Waals surface area contributed by atoms with E-state index in [0.717, 1.165) is 13.0 Å². The normalized spacial score (nSPS) is 22.9. The van der Waals surface area contributed by atoms with E-state index in [1.165, 1.54) is 60.2 Å². The molecule has 3 nitrogen and oxygen atoms in total. The molecule has 1 saturated heterocycles. The molecule has 2 aliphatic rings. The molecule has 3 aromatic rings. The van der Waals surface area contributed by atoms with Gasteiger partial charge >= 0.3 is 0 Å². The van der Waals surface area contributed by atoms with Gasteiger partial charge in [-0.25, -0.2) is 0 Å². The largest absolute Gasteiger partial charge is 0.357 e. The minimum atomic E-state index is 0.343. The number of fused-ring (bicyclic) bond motifs is 4. The van der Waals surface area contributed by atoms with Gasteiger partial charge in [0.25, 0.3) is 0 Å². The standard InChI is InChI=1S/C25H31N3/c1-3-4-13-27-14-15-28-20(17-27)16-22-21-7-5-6-8-23(21)26-24(22)25(28)19-11-9-18(2)10-12-19/h5-12,20,25-26H,3-4,13-17H2,1-2H3/t20-,25+/m1/s1. The zero-order valence-electron chi connectivity index (χ0n) is 17.1. The number of unbranched alkanes of at least 4 members (excludes halogenated alkanes) is 1. The van der Waals surface area contributed by atoms with Crippen molar-refractivity contribution in [2.45, 2.75) is 45.2 Å². The van der Waals surface area contributed by atoms with Crippen LogP contribution in [0, 0.1) is 6.92 Å². The van der Waals surface area contributed by atoms with Crippen LogP contribution < -0.4 is 0 Å². The van der Waals surface area contributed by atoms with Gasteiger partial charge in [-0.1, -0.05) is 61.4 Å². The van der Waals surface area contributed by atoms with Gasteiger partial charge in [0.2, 0.25) is 0 Å². The van der Waals surface area contributed by atoms with E-state index in [0.29, 0.717) is 12.1 Å². The molecule has 1 N–H and O–H groups in total. The smallest absolute Gasteiger partial charge is 0.0760 e. The number of benzene rings is 2. The lowest BCUT2D eigenvalue weighted by atomic mass is 9.86. The van der Waals surface area contributed by atoms with Crippen molar-refractivity contribution in [3.05, 3.63) is 70.9 Å². The van der Waals surface area contributed by atoms with Crippen LogP contribution in [0.3, 0.4) is 0 Å². The maximum absolute atomic E-state index is 3.80. The zero-order chi connectivity index (χ0) is 19.1. The second-order valence-electron chi connectivity index (χ2n) is 8.63. The second kappa shape index (κ2) is 7.38. The third kappa shape index (κ3) is 3.07. The van der Waals surface area contributed by atoms with E-state index in [9.17, 15) is 0 Å². The van der Waals surface area contributed by atoms with Crippen molar-refractivity contribution < 1.29 is 0 Å². The van der Waals surface area contributed by atoms with Crippen LogP contribution in [0.15, 0.2) is 48.5 Å². The fourth-order valence-corrected chi connectivity index (χ4v) is 5.22. The third-order valence-electron chi connectivity index (χ3n) is 6.72. The molecule has 0 saturated carbocycles. The summed E-state index contributed by atoms with van der Waals surface area (Å²) in [6, 6.07) is 19.0. The number of aromatic nitrogens is 1. The average molecular weight is 374 g/mol. The van der Waals surface area contributed by atoms with E-state index in [1.54, 1.807) is 5.56 Å². The molecule has 0 radical (unpaired) electrons. The first-order chi connectivity index (χ1) is 13.7. The Hall–Kier alpha value is -2.10. The van der Waals surface area contributed by atoms with Crippen molar-refractivity contribution in [2.75, 3.05) is 26.2 Å². The summed E-state index contributed by atoms with van der Waals surface area (Å²) in [6.45, 7) is 9.26. The van der Waals surface area contributed by atoms with Gasteiger partial charge in [0.15, 0.2) is 0 Å². The summed E-state index contributed by atoms with van der Waals surface area (Å²) < 4.78 is 0. The van der Waals surface area contributed by atoms with Crippen LogP contribution in [0.4, 0.5) is 0 Å². The molecule has 0 aliphatic carbocycles. The summed E-state index contributed by atoms with van der Waals surface area (Å²) in [5, 5.41) is 1.42. The lowest BCUT2D eigenvalue weighted by Gasteiger charge is -2.48. The Morgan fingerprint density at radius 2 is 1.86 bits per heavy atom. The maximum Gasteiger partial charge on any atom is 0.0760 e. The van der Waals surface area contributed by atoms with Gasteiger partial charge < -0.3 is 9.88 Å². The SMILES string of the molecule is CCCCN1CCN2[C@H](Cc3c([nH]c4ccccc34)[C@@H]2c2ccc(C)cc2)C1. The summed E-state index contributed by atoms with van der Waals surface area (Å²) >= 11 is 0. The fraction of sp³-hybridized carbons (Fsp3) is 0.440. The van der Waals surface area contributed by atoms with Gasteiger partial charge in [0.1, 0.15) is 0 Å². The summed E-state index contributed by atoms with van der Waals surface area (Å²) in [6.07, 6.45) is 3.75. The van der Waals surface area contributed by atoms with E-state index < -0.39 is 0 Å². The number of piperazine rings is 1. The number of H-pyrrole nitrogens is 1. The van der Waals surface area contributed by atoms with Crippen molar-refractivity contribution >= 4 is 10.9 Å². The van der Waals surface area contributed by atoms with E-state index in [4.69, 9.17) is 0 Å². The lowest BCUT2D eigenvalue weighted by molar-refractivity contribution is 0.0419. The fourth-order valence-electron chi connectivity index (χ4n) is 5.22. The molecule has 2 atom stereocenters. The van der Waals surface area contributed by atoms with Gasteiger partial charge in [-0.15, -0.1) is 0 Å². The number of nitrogens with zero attached hydrogens (tertiary/aromatic N) is 2. The topological polar surface area (TPSA) is 22.3 Å². The Balaban J connectivity index is 1.57. The molecule has 3 heteroatoms. The van der Waals surface area contributed by atoms with Crippen LogP contribution >= 0.6 is 0 Å². The van der Waals surface area contributed by atoms with Gasteiger partial charge in [-0.3, -0.25) is 4.90 Å². The Bertz CT molecular complexity index is 956. The maximum atomic E-state index is 3.80. The molecule has 2 aromatic carbocycles. The molecule has 3 heterocycles. The Morgan fingerprint density at radius 3 is 2.68 bits per heavy atom. The van der Waals surface area contributed by atoms with E-state index in [1.807, 2.05) is 0 Å². The number of para-hydroxylation sites is 1. The minimum Gasteiger partial charge on any atom is -0.357 e. The number of rotatable bonds is 4. The van der Waals surface area contributed by atoms with Gasteiger partial charge in [0, 0.05) is 42.3 Å². The first kappa shape index (κ1) is 18.0. The predicted molar refractivity (Wildman–Crippen MR) is 117 cm³/mol. The number of nitrogens with one attached hydrogen (secondary N) is 1. The first-order valence-electron chi connectivity index (χ1n) is 10.9. The van der Waals surface area contributed by atoms with Gasteiger partial charge in [-0.05, 0) is 43.5 Å². The molecule has 5 rings (SSSR count). The molecular formula is C25H31N3. The number of hydrogen-bond acceptors (Lipinski definition) is 2. The highest BCUT2D eigenvalue weighted by Gasteiger charge is 2.40. The Labute approximate surface area is 168 Å². The lowest BCUT2D eigenvalue weighted by Crippen LogP contribution is -2.57. The molecule has 0 spiro atoms. The van der Waals surface area contributed by atoms with Crippen LogP contribution in [0.2, 0.25) is 0 Å². The Kier molecular flexibility index (Phi) is 4.73. The molecule has 0 amide bonds. The van der Waals surface area contributed by atoms with Crippen LogP contribution in [0.5, 0.6) is 0 Å². The second-order valence-corrected chi connectivity index (χ2v) is 8.63. The molecular weight excluding hydrogens is 342 g/mol. The van der Waals surface area contributed by atoms with E-state index >= 15 is 0 Å². The monoisotopic (exact) mass is 373 g/mol. The highest BCUT2D eigenvalue weighted by Crippen LogP contribution is 2.41. The molecule has 1 fully saturated rings. The molecule has 28 heavy (non-hydrogen) atoms. The summed E-state index contributed by atoms with van der Waals surface area (Å²) in [5.41, 5.74) is 7.00. The molecule has 0 bridgehead atoms. The Morgan fingerprint density at radius 1 is 1.04 bits per heavy atom. The average Bonchev–Trinajstić information content (AvgIpc) is 3.09. The van der Waals surface area contributed by atoms with Gasteiger partial charge in [-0.2, -0.15) is 0 Å². The predicted octanol–water partition coefficient (Wildman–Crippen LogP) is 4.91. The quantitative estimate of drug-likeness (QED) is 0.702. The van der Waals surface area contributed by atoms with E-state index in [2.05, 4.69) is 77.2 Å². The van der Waals surface area contributed by atoms with Gasteiger partial charge in [0.05, 0.1) is 6.04 Å². The van der Waals surface area contributed by atoms with Crippen molar-refractivity contribution in [2.24, 2.45) is 0 Å². The van der Waals surface area contributed by atoms with Crippen molar-refractivity contribution in [1.29, 1.82) is 0 Å². The van der Waals surface area contributed by atoms with Crippen LogP contribution in [-0.2, 0) is 6.42 Å². The van der Waals surface area contributed by atoms with Crippen molar-refractivity contribution in [1.82, 2.24) is 14.8 Å². The third-order valence-corrected chi connectivity index (χ3v) is 6.72. The summed E-state index contributed by atoms with van der Waals surface area (Å²) in [5.74, 6) is 0. The zero-order valence-corrected chi connectivity index (χ0v) is 17.1. The summed E-state index contributed by atoms with van der Waals surface area (Å²) in [7, 11) is 0. The van der Waals surface area contributed by atoms with Crippen LogP contribution in [-0.4, -0.2) is 47.0 Å². The van der Waals surface area contributed by atoms with E-state index in [-0.39, 0.29) is 0 Å². The minimum absolute atomic E-state index is 0.343. The summed E-state index contributed by atoms with van der Waals surface area (Å²) in [4.78, 5) is 9.26.